The molecular weight excluding hydrogens is 424 g/mol. The first-order valence-electron chi connectivity index (χ1n) is 9.13. The summed E-state index contributed by atoms with van der Waals surface area (Å²) in [6.45, 7) is 1.53. The second kappa shape index (κ2) is 9.01. The molecule has 1 aliphatic rings. The van der Waals surface area contributed by atoms with Gasteiger partial charge in [0.2, 0.25) is 23.1 Å². The molecule has 1 aromatic carbocycles. The van der Waals surface area contributed by atoms with Crippen LogP contribution in [0.15, 0.2) is 59.2 Å². The first-order valence-corrected chi connectivity index (χ1v) is 9.51. The average molecular weight is 443 g/mol. The maximum absolute atomic E-state index is 12.8. The van der Waals surface area contributed by atoms with Gasteiger partial charge in [0.1, 0.15) is 5.75 Å². The van der Waals surface area contributed by atoms with Crippen molar-refractivity contribution in [1.29, 1.82) is 0 Å². The number of amides is 1. The van der Waals surface area contributed by atoms with Crippen LogP contribution in [-0.4, -0.2) is 41.8 Å². The third-order valence-electron chi connectivity index (χ3n) is 4.79. The predicted molar refractivity (Wildman–Crippen MR) is 113 cm³/mol. The van der Waals surface area contributed by atoms with Gasteiger partial charge in [0.05, 0.1) is 25.5 Å². The number of benzene rings is 1. The number of phenols is 1. The highest BCUT2D eigenvalue weighted by Crippen LogP contribution is 2.29. The van der Waals surface area contributed by atoms with E-state index < -0.39 is 17.5 Å². The fraction of sp³-hybridized carbons (Fsp3) is 0.182. The fourth-order valence-corrected chi connectivity index (χ4v) is 3.32. The van der Waals surface area contributed by atoms with Crippen LogP contribution in [0.1, 0.15) is 22.8 Å². The second-order valence-electron chi connectivity index (χ2n) is 6.65. The Morgan fingerprint density at radius 1 is 1.13 bits per heavy atom. The molecule has 1 aromatic heterocycles. The monoisotopic (exact) mass is 442 g/mol. The van der Waals surface area contributed by atoms with Crippen LogP contribution in [0.25, 0.3) is 0 Å². The van der Waals surface area contributed by atoms with Crippen LogP contribution in [0.2, 0.25) is 5.15 Å². The Kier molecular flexibility index (Phi) is 6.41. The Labute approximate surface area is 183 Å². The van der Waals surface area contributed by atoms with Crippen molar-refractivity contribution in [3.8, 4) is 5.75 Å². The molecule has 31 heavy (non-hydrogen) atoms. The Morgan fingerprint density at radius 2 is 1.81 bits per heavy atom. The number of carbonyl (C=O) groups excluding carboxylic acids is 3. The topological polar surface area (TPSA) is 115 Å². The van der Waals surface area contributed by atoms with Crippen molar-refractivity contribution in [1.82, 2.24) is 4.98 Å². The molecule has 9 heteroatoms. The van der Waals surface area contributed by atoms with Crippen LogP contribution in [0, 0.1) is 0 Å². The van der Waals surface area contributed by atoms with Crippen molar-refractivity contribution in [3.05, 3.63) is 75.5 Å². The number of halogens is 1. The summed E-state index contributed by atoms with van der Waals surface area (Å²) in [7, 11) is 2.57. The Hall–Kier alpha value is -3.65. The third kappa shape index (κ3) is 4.29. The lowest BCUT2D eigenvalue weighted by Gasteiger charge is -2.20. The zero-order valence-corrected chi connectivity index (χ0v) is 17.7. The third-order valence-corrected chi connectivity index (χ3v) is 5.09. The second-order valence-corrected chi connectivity index (χ2v) is 7.01. The molecule has 0 radical (unpaired) electrons. The summed E-state index contributed by atoms with van der Waals surface area (Å²) in [6, 6.07) is 7.51. The van der Waals surface area contributed by atoms with E-state index in [0.29, 0.717) is 5.56 Å². The zero-order valence-electron chi connectivity index (χ0n) is 17.0. The van der Waals surface area contributed by atoms with Gasteiger partial charge in [0.25, 0.3) is 5.91 Å². The first-order chi connectivity index (χ1) is 14.8. The smallest absolute Gasteiger partial charge is 0.259 e. The number of nitrogens with one attached hydrogen (secondary N) is 1. The number of aromatic hydroxyl groups is 1. The van der Waals surface area contributed by atoms with E-state index in [0.717, 1.165) is 0 Å². The molecule has 0 unspecified atom stereocenters. The number of rotatable bonds is 6. The number of phenolic OH excluding ortho intramolecular Hbond substituents is 1. The number of nitrogens with zero attached hydrogens (tertiary/aromatic N) is 1. The van der Waals surface area contributed by atoms with Gasteiger partial charge in [-0.25, -0.2) is 4.98 Å². The van der Waals surface area contributed by atoms with Crippen molar-refractivity contribution in [2.45, 2.75) is 13.3 Å². The lowest BCUT2D eigenvalue weighted by molar-refractivity contribution is -0.121. The van der Waals surface area contributed by atoms with Gasteiger partial charge < -0.3 is 19.9 Å². The maximum atomic E-state index is 12.8. The van der Waals surface area contributed by atoms with Crippen LogP contribution in [0.4, 0.5) is 5.69 Å². The summed E-state index contributed by atoms with van der Waals surface area (Å²) in [5.74, 6) is -2.10. The lowest BCUT2D eigenvalue weighted by Crippen LogP contribution is -2.26. The number of aromatic nitrogens is 1. The molecular formula is C22H19ClN2O6. The molecule has 1 aliphatic carbocycles. The van der Waals surface area contributed by atoms with Gasteiger partial charge >= 0.3 is 0 Å². The molecule has 0 atom stereocenters. The molecule has 0 spiro atoms. The van der Waals surface area contributed by atoms with E-state index in [4.69, 9.17) is 21.1 Å². The van der Waals surface area contributed by atoms with Crippen LogP contribution in [0.3, 0.4) is 0 Å². The number of carbonyl (C=O) groups is 3. The molecule has 8 nitrogen and oxygen atoms in total. The van der Waals surface area contributed by atoms with Gasteiger partial charge in [-0.2, -0.15) is 0 Å². The summed E-state index contributed by atoms with van der Waals surface area (Å²) >= 11 is 5.96. The van der Waals surface area contributed by atoms with Crippen molar-refractivity contribution in [2.24, 2.45) is 0 Å². The highest BCUT2D eigenvalue weighted by Gasteiger charge is 2.34. The van der Waals surface area contributed by atoms with E-state index in [9.17, 15) is 19.5 Å². The lowest BCUT2D eigenvalue weighted by atomic mass is 9.88. The summed E-state index contributed by atoms with van der Waals surface area (Å²) in [6.07, 6.45) is 1.53. The fourth-order valence-electron chi connectivity index (χ4n) is 3.15. The van der Waals surface area contributed by atoms with E-state index in [1.165, 1.54) is 39.5 Å². The van der Waals surface area contributed by atoms with Gasteiger partial charge in [0, 0.05) is 23.8 Å². The van der Waals surface area contributed by atoms with Crippen LogP contribution < -0.4 is 5.32 Å². The SMILES string of the molecule is COC1=C(OC)C(=O)C(Cc2ccc(O)c(C(=O)Nc3cccnc3Cl)c2)=C(C)C1=O. The van der Waals surface area contributed by atoms with Gasteiger partial charge in [-0.15, -0.1) is 0 Å². The highest BCUT2D eigenvalue weighted by molar-refractivity contribution is 6.32. The number of hydrogen-bond donors (Lipinski definition) is 2. The van der Waals surface area contributed by atoms with E-state index in [1.54, 1.807) is 18.2 Å². The van der Waals surface area contributed by atoms with Crippen LogP contribution >= 0.6 is 11.6 Å². The first kappa shape index (κ1) is 22.0. The van der Waals surface area contributed by atoms with Crippen molar-refractivity contribution < 1.29 is 29.0 Å². The number of allylic oxidation sites excluding steroid dienone is 2. The van der Waals surface area contributed by atoms with Crippen molar-refractivity contribution in [3.63, 3.8) is 0 Å². The van der Waals surface area contributed by atoms with Crippen LogP contribution in [0.5, 0.6) is 5.75 Å². The largest absolute Gasteiger partial charge is 0.507 e. The molecule has 3 rings (SSSR count). The zero-order chi connectivity index (χ0) is 22.7. The summed E-state index contributed by atoms with van der Waals surface area (Å²) in [5.41, 5.74) is 1.24. The van der Waals surface area contributed by atoms with Crippen LogP contribution in [-0.2, 0) is 25.5 Å². The minimum Gasteiger partial charge on any atom is -0.507 e. The minimum absolute atomic E-state index is 0.0228. The average Bonchev–Trinajstić information content (AvgIpc) is 2.76. The van der Waals surface area contributed by atoms with Gasteiger partial charge in [-0.3, -0.25) is 14.4 Å². The Morgan fingerprint density at radius 3 is 2.45 bits per heavy atom. The molecule has 0 aliphatic heterocycles. The molecule has 0 saturated carbocycles. The van der Waals surface area contributed by atoms with Gasteiger partial charge in [-0.05, 0) is 36.8 Å². The summed E-state index contributed by atoms with van der Waals surface area (Å²) in [4.78, 5) is 41.9. The molecule has 2 N–H and O–H groups in total. The number of Topliss-reactive ketones (excluding diaryl/α,β-unsaturated/α-hetero) is 2. The molecule has 1 heterocycles. The Bertz CT molecular complexity index is 1150. The van der Waals surface area contributed by atoms with E-state index in [2.05, 4.69) is 10.3 Å². The standard InChI is InChI=1S/C22H19ClN2O6/c1-11-13(18(28)20(31-3)19(30-2)17(11)27)9-12-6-7-16(26)14(10-12)22(29)25-15-5-4-8-24-21(15)23/h4-8,10,26H,9H2,1-3H3,(H,25,29). The molecule has 160 valence electrons. The molecule has 1 amide bonds. The maximum Gasteiger partial charge on any atom is 0.259 e. The Balaban J connectivity index is 1.91. The van der Waals surface area contributed by atoms with E-state index in [1.807, 2.05) is 0 Å². The van der Waals surface area contributed by atoms with Crippen molar-refractivity contribution in [2.75, 3.05) is 19.5 Å². The molecule has 0 saturated heterocycles. The normalized spacial score (nSPS) is 14.1. The number of hydrogen-bond acceptors (Lipinski definition) is 7. The van der Waals surface area contributed by atoms with Gasteiger partial charge in [-0.1, -0.05) is 17.7 Å². The molecule has 0 bridgehead atoms. The summed E-state index contributed by atoms with van der Waals surface area (Å²) < 4.78 is 10.1. The molecule has 2 aromatic rings. The number of pyridine rings is 1. The van der Waals surface area contributed by atoms with Crippen molar-refractivity contribution >= 4 is 34.8 Å². The quantitative estimate of drug-likeness (QED) is 0.521. The molecule has 0 fully saturated rings. The minimum atomic E-state index is -0.606. The van der Waals surface area contributed by atoms with E-state index in [-0.39, 0.29) is 51.2 Å². The predicted octanol–water partition coefficient (Wildman–Crippen LogP) is 3.21. The number of anilines is 1. The van der Waals surface area contributed by atoms with Gasteiger partial charge in [0.15, 0.2) is 5.15 Å². The summed E-state index contributed by atoms with van der Waals surface area (Å²) in [5, 5.41) is 12.8. The highest BCUT2D eigenvalue weighted by atomic mass is 35.5. The van der Waals surface area contributed by atoms with E-state index >= 15 is 0 Å². The number of methoxy groups -OCH3 is 2. The number of ether oxygens (including phenoxy) is 2. The number of ketones is 2.